The maximum Gasteiger partial charge on any atom is 0.287 e. The second-order valence-electron chi connectivity index (χ2n) is 5.80. The molecule has 3 rings (SSSR count). The van der Waals surface area contributed by atoms with Gasteiger partial charge in [0.2, 0.25) is 5.09 Å². The number of anilines is 1. The average molecular weight is 449 g/mol. The van der Waals surface area contributed by atoms with E-state index in [4.69, 9.17) is 32.4 Å². The molecule has 1 amide bonds. The normalized spacial score (nSPS) is 15.4. The number of furan rings is 1. The first kappa shape index (κ1) is 20.9. The molecule has 0 spiro atoms. The van der Waals surface area contributed by atoms with Crippen LogP contribution < -0.4 is 10.6 Å². The Morgan fingerprint density at radius 3 is 2.68 bits per heavy atom. The minimum absolute atomic E-state index is 0.0884. The highest BCUT2D eigenvalue weighted by atomic mass is 35.5. The summed E-state index contributed by atoms with van der Waals surface area (Å²) >= 11 is 11.8. The molecule has 1 fully saturated rings. The highest BCUT2D eigenvalue weighted by Gasteiger charge is 2.30. The predicted molar refractivity (Wildman–Crippen MR) is 103 cm³/mol. The van der Waals surface area contributed by atoms with Gasteiger partial charge in [0.05, 0.1) is 23.3 Å². The van der Waals surface area contributed by atoms with E-state index in [1.807, 2.05) is 0 Å². The van der Waals surface area contributed by atoms with Crippen LogP contribution in [0.15, 0.2) is 33.9 Å². The summed E-state index contributed by atoms with van der Waals surface area (Å²) < 4.78 is 36.7. The molecular weight excluding hydrogens is 431 g/mol. The van der Waals surface area contributed by atoms with E-state index >= 15 is 0 Å². The fraction of sp³-hybridized carbons (Fsp3) is 0.375. The van der Waals surface area contributed by atoms with Crippen LogP contribution in [-0.2, 0) is 14.8 Å². The van der Waals surface area contributed by atoms with Gasteiger partial charge in [-0.3, -0.25) is 4.79 Å². The number of sulfonamides is 1. The maximum atomic E-state index is 12.5. The molecular formula is C16H18Cl2N4O5S. The van der Waals surface area contributed by atoms with Crippen LogP contribution in [0, 0.1) is 0 Å². The van der Waals surface area contributed by atoms with Gasteiger partial charge in [-0.05, 0) is 18.2 Å². The summed E-state index contributed by atoms with van der Waals surface area (Å²) in [7, 11) is -3.78. The lowest BCUT2D eigenvalue weighted by molar-refractivity contribution is 0.0722. The van der Waals surface area contributed by atoms with Gasteiger partial charge >= 0.3 is 0 Å². The highest BCUT2D eigenvalue weighted by molar-refractivity contribution is 7.89. The van der Waals surface area contributed by atoms with Crippen LogP contribution in [0.25, 0.3) is 0 Å². The number of hydrogen-bond acceptors (Lipinski definition) is 7. The van der Waals surface area contributed by atoms with Gasteiger partial charge in [-0.2, -0.15) is 4.31 Å². The summed E-state index contributed by atoms with van der Waals surface area (Å²) in [5.74, 6) is -0.174. The molecule has 1 aliphatic heterocycles. The topological polar surface area (TPSA) is 114 Å². The van der Waals surface area contributed by atoms with Crippen molar-refractivity contribution in [1.29, 1.82) is 0 Å². The SMILES string of the molecule is O=C(NCCNc1ncc(Cl)cc1Cl)c1ccc(S(=O)(=O)N2CCOCC2)o1. The molecule has 0 saturated carbocycles. The first-order valence-corrected chi connectivity index (χ1v) is 10.6. The number of aromatic nitrogens is 1. The first-order chi connectivity index (χ1) is 13.4. The molecule has 1 aliphatic rings. The summed E-state index contributed by atoms with van der Waals surface area (Å²) in [6.45, 7) is 1.74. The standard InChI is InChI=1S/C16H18Cl2N4O5S/c17-11-9-12(18)15(21-10-11)19-3-4-20-16(23)13-1-2-14(27-13)28(24,25)22-5-7-26-8-6-22/h1-2,9-10H,3-8H2,(H,19,21)(H,20,23). The number of pyridine rings is 1. The van der Waals surface area contributed by atoms with Crippen molar-refractivity contribution in [3.63, 3.8) is 0 Å². The molecule has 2 aromatic heterocycles. The van der Waals surface area contributed by atoms with Crippen LogP contribution in [0.1, 0.15) is 10.6 Å². The molecule has 9 nitrogen and oxygen atoms in total. The van der Waals surface area contributed by atoms with Crippen LogP contribution in [0.4, 0.5) is 5.82 Å². The number of carbonyl (C=O) groups is 1. The molecule has 0 aliphatic carbocycles. The maximum absolute atomic E-state index is 12.5. The van der Waals surface area contributed by atoms with E-state index in [1.54, 1.807) is 6.07 Å². The number of hydrogen-bond donors (Lipinski definition) is 2. The van der Waals surface area contributed by atoms with Crippen molar-refractivity contribution in [3.8, 4) is 0 Å². The first-order valence-electron chi connectivity index (χ1n) is 8.39. The Morgan fingerprint density at radius 1 is 1.21 bits per heavy atom. The minimum atomic E-state index is -3.78. The van der Waals surface area contributed by atoms with Gasteiger partial charge in [-0.1, -0.05) is 23.2 Å². The predicted octanol–water partition coefficient (Wildman–Crippen LogP) is 1.84. The average Bonchev–Trinajstić information content (AvgIpc) is 3.18. The van der Waals surface area contributed by atoms with Crippen LogP contribution >= 0.6 is 23.2 Å². The van der Waals surface area contributed by atoms with E-state index in [-0.39, 0.29) is 30.5 Å². The van der Waals surface area contributed by atoms with Gasteiger partial charge in [-0.25, -0.2) is 13.4 Å². The fourth-order valence-corrected chi connectivity index (χ4v) is 4.25. The van der Waals surface area contributed by atoms with Gasteiger partial charge in [0.25, 0.3) is 15.9 Å². The molecule has 0 bridgehead atoms. The lowest BCUT2D eigenvalue weighted by Crippen LogP contribution is -2.40. The number of carbonyl (C=O) groups excluding carboxylic acids is 1. The van der Waals surface area contributed by atoms with Crippen molar-refractivity contribution in [2.24, 2.45) is 0 Å². The Balaban J connectivity index is 1.52. The second kappa shape index (κ2) is 9.10. The third-order valence-corrected chi connectivity index (χ3v) is 6.15. The highest BCUT2D eigenvalue weighted by Crippen LogP contribution is 2.22. The van der Waals surface area contributed by atoms with E-state index in [0.29, 0.717) is 35.6 Å². The van der Waals surface area contributed by atoms with E-state index in [2.05, 4.69) is 15.6 Å². The fourth-order valence-electron chi connectivity index (χ4n) is 2.48. The molecule has 152 valence electrons. The van der Waals surface area contributed by atoms with Crippen molar-refractivity contribution in [2.75, 3.05) is 44.7 Å². The molecule has 28 heavy (non-hydrogen) atoms. The van der Waals surface area contributed by atoms with Crippen molar-refractivity contribution in [2.45, 2.75) is 5.09 Å². The number of halogens is 2. The largest absolute Gasteiger partial charge is 0.438 e. The molecule has 0 unspecified atom stereocenters. The van der Waals surface area contributed by atoms with Crippen LogP contribution in [-0.4, -0.2) is 63.0 Å². The van der Waals surface area contributed by atoms with Gasteiger partial charge in [-0.15, -0.1) is 0 Å². The quantitative estimate of drug-likeness (QED) is 0.620. The Bertz CT molecular complexity index is 944. The van der Waals surface area contributed by atoms with Crippen molar-refractivity contribution in [1.82, 2.24) is 14.6 Å². The Labute approximate surface area is 172 Å². The molecule has 1 saturated heterocycles. The smallest absolute Gasteiger partial charge is 0.287 e. The zero-order valence-electron chi connectivity index (χ0n) is 14.7. The van der Waals surface area contributed by atoms with Crippen molar-refractivity contribution in [3.05, 3.63) is 40.2 Å². The van der Waals surface area contributed by atoms with Gasteiger partial charge < -0.3 is 19.8 Å². The molecule has 0 aromatic carbocycles. The van der Waals surface area contributed by atoms with Crippen molar-refractivity contribution >= 4 is 45.0 Å². The molecule has 3 heterocycles. The zero-order valence-corrected chi connectivity index (χ0v) is 17.0. The molecule has 12 heteroatoms. The van der Waals surface area contributed by atoms with Crippen LogP contribution in [0.2, 0.25) is 10.0 Å². The van der Waals surface area contributed by atoms with E-state index < -0.39 is 15.9 Å². The lowest BCUT2D eigenvalue weighted by atomic mass is 10.4. The Kier molecular flexibility index (Phi) is 6.78. The summed E-state index contributed by atoms with van der Waals surface area (Å²) in [6, 6.07) is 4.15. The summed E-state index contributed by atoms with van der Waals surface area (Å²) in [6.07, 6.45) is 1.45. The Hall–Kier alpha value is -1.85. The van der Waals surface area contributed by atoms with Gasteiger partial charge in [0.1, 0.15) is 5.82 Å². The van der Waals surface area contributed by atoms with E-state index in [9.17, 15) is 13.2 Å². The molecule has 0 atom stereocenters. The zero-order chi connectivity index (χ0) is 20.1. The molecule has 0 radical (unpaired) electrons. The summed E-state index contributed by atoms with van der Waals surface area (Å²) in [5.41, 5.74) is 0. The van der Waals surface area contributed by atoms with Crippen LogP contribution in [0.5, 0.6) is 0 Å². The summed E-state index contributed by atoms with van der Waals surface area (Å²) in [5, 5.41) is 6.10. The number of nitrogens with zero attached hydrogens (tertiary/aromatic N) is 2. The van der Waals surface area contributed by atoms with E-state index in [0.717, 1.165) is 0 Å². The third kappa shape index (κ3) is 4.95. The lowest BCUT2D eigenvalue weighted by Gasteiger charge is -2.24. The van der Waals surface area contributed by atoms with Gasteiger partial charge in [0, 0.05) is 32.4 Å². The number of nitrogens with one attached hydrogen (secondary N) is 2. The minimum Gasteiger partial charge on any atom is -0.438 e. The molecule has 2 aromatic rings. The number of amides is 1. The second-order valence-corrected chi connectivity index (χ2v) is 8.51. The Morgan fingerprint density at radius 2 is 1.96 bits per heavy atom. The number of rotatable bonds is 7. The summed E-state index contributed by atoms with van der Waals surface area (Å²) in [4.78, 5) is 16.2. The van der Waals surface area contributed by atoms with Crippen LogP contribution in [0.3, 0.4) is 0 Å². The number of ether oxygens (including phenoxy) is 1. The number of morpholine rings is 1. The monoisotopic (exact) mass is 448 g/mol. The third-order valence-electron chi connectivity index (χ3n) is 3.88. The van der Waals surface area contributed by atoms with Crippen molar-refractivity contribution < 1.29 is 22.4 Å². The van der Waals surface area contributed by atoms with E-state index in [1.165, 1.54) is 22.6 Å². The molecule has 2 N–H and O–H groups in total. The van der Waals surface area contributed by atoms with Gasteiger partial charge in [0.15, 0.2) is 5.76 Å².